The molecule has 0 bridgehead atoms. The Morgan fingerprint density at radius 1 is 1.10 bits per heavy atom. The van der Waals surface area contributed by atoms with Crippen molar-refractivity contribution < 1.29 is 9.53 Å². The smallest absolute Gasteiger partial charge is 0.270 e. The third-order valence-electron chi connectivity index (χ3n) is 5.11. The molecule has 29 heavy (non-hydrogen) atoms. The second-order valence-corrected chi connectivity index (χ2v) is 7.77. The Labute approximate surface area is 173 Å². The van der Waals surface area contributed by atoms with Gasteiger partial charge in [-0.05, 0) is 43.5 Å². The molecule has 2 aromatic rings. The number of carbonyl (C=O) groups excluding carboxylic acids is 1. The molecule has 0 unspecified atom stereocenters. The minimum atomic E-state index is -0.130. The van der Waals surface area contributed by atoms with E-state index < -0.39 is 0 Å². The lowest BCUT2D eigenvalue weighted by Gasteiger charge is -2.36. The monoisotopic (exact) mass is 397 g/mol. The molecule has 1 aliphatic rings. The number of carbonyl (C=O) groups is 1. The number of nitrogens with one attached hydrogen (secondary N) is 1. The Hall–Kier alpha value is -2.83. The molecule has 1 N–H and O–H groups in total. The van der Waals surface area contributed by atoms with Crippen LogP contribution in [0.5, 0.6) is 5.75 Å². The number of aryl methyl sites for hydroxylation is 1. The zero-order valence-corrected chi connectivity index (χ0v) is 17.8. The number of amides is 1. The van der Waals surface area contributed by atoms with E-state index in [1.54, 1.807) is 13.2 Å². The number of benzene rings is 1. The molecule has 7 nitrogen and oxygen atoms in total. The molecule has 0 atom stereocenters. The molecule has 1 aliphatic heterocycles. The fourth-order valence-corrected chi connectivity index (χ4v) is 3.38. The number of anilines is 2. The molecule has 0 radical (unpaired) electrons. The van der Waals surface area contributed by atoms with Gasteiger partial charge in [-0.25, -0.2) is 9.97 Å². The zero-order chi connectivity index (χ0) is 20.8. The maximum atomic E-state index is 12.5. The van der Waals surface area contributed by atoms with E-state index in [0.717, 1.165) is 44.2 Å². The first kappa shape index (κ1) is 20.9. The average molecular weight is 398 g/mol. The standard InChI is InChI=1S/C22H31N5O2/c1-16(2)9-10-23-22(28)20-15-21(25-17(3)24-20)27-13-11-26(12-14-27)18-5-7-19(29-4)8-6-18/h5-8,15-16H,9-14H2,1-4H3,(H,23,28). The van der Waals surface area contributed by atoms with Gasteiger partial charge >= 0.3 is 0 Å². The van der Waals surface area contributed by atoms with Crippen molar-refractivity contribution in [3.05, 3.63) is 41.9 Å². The van der Waals surface area contributed by atoms with Crippen molar-refractivity contribution >= 4 is 17.4 Å². The van der Waals surface area contributed by atoms with Crippen LogP contribution in [0.1, 0.15) is 36.6 Å². The molecule has 1 aromatic carbocycles. The van der Waals surface area contributed by atoms with E-state index in [1.807, 2.05) is 19.1 Å². The van der Waals surface area contributed by atoms with E-state index >= 15 is 0 Å². The summed E-state index contributed by atoms with van der Waals surface area (Å²) in [6.45, 7) is 10.3. The Morgan fingerprint density at radius 3 is 2.38 bits per heavy atom. The van der Waals surface area contributed by atoms with Crippen molar-refractivity contribution in [1.82, 2.24) is 15.3 Å². The lowest BCUT2D eigenvalue weighted by Crippen LogP contribution is -2.47. The molecule has 1 saturated heterocycles. The second kappa shape index (κ2) is 9.58. The van der Waals surface area contributed by atoms with Crippen molar-refractivity contribution in [2.45, 2.75) is 27.2 Å². The Kier molecular flexibility index (Phi) is 6.90. The van der Waals surface area contributed by atoms with Gasteiger partial charge in [0.25, 0.3) is 5.91 Å². The van der Waals surface area contributed by atoms with Crippen LogP contribution in [0.4, 0.5) is 11.5 Å². The summed E-state index contributed by atoms with van der Waals surface area (Å²) in [7, 11) is 1.68. The minimum Gasteiger partial charge on any atom is -0.497 e. The van der Waals surface area contributed by atoms with Crippen molar-refractivity contribution in [3.8, 4) is 5.75 Å². The highest BCUT2D eigenvalue weighted by atomic mass is 16.5. The van der Waals surface area contributed by atoms with Gasteiger partial charge in [-0.1, -0.05) is 13.8 Å². The number of ether oxygens (including phenoxy) is 1. The number of aromatic nitrogens is 2. The first-order chi connectivity index (χ1) is 14.0. The van der Waals surface area contributed by atoms with E-state index in [9.17, 15) is 4.79 Å². The molecule has 1 aromatic heterocycles. The van der Waals surface area contributed by atoms with E-state index in [1.165, 1.54) is 5.69 Å². The van der Waals surface area contributed by atoms with E-state index in [0.29, 0.717) is 24.0 Å². The van der Waals surface area contributed by atoms with Crippen molar-refractivity contribution in [2.75, 3.05) is 49.6 Å². The summed E-state index contributed by atoms with van der Waals surface area (Å²) in [4.78, 5) is 25.9. The third-order valence-corrected chi connectivity index (χ3v) is 5.11. The highest BCUT2D eigenvalue weighted by Gasteiger charge is 2.20. The lowest BCUT2D eigenvalue weighted by atomic mass is 10.1. The Morgan fingerprint density at radius 2 is 1.76 bits per heavy atom. The van der Waals surface area contributed by atoms with Gasteiger partial charge in [-0.2, -0.15) is 0 Å². The summed E-state index contributed by atoms with van der Waals surface area (Å²) in [5, 5.41) is 2.96. The van der Waals surface area contributed by atoms with Crippen LogP contribution in [-0.4, -0.2) is 55.7 Å². The summed E-state index contributed by atoms with van der Waals surface area (Å²) in [6.07, 6.45) is 0.954. The maximum absolute atomic E-state index is 12.5. The molecular weight excluding hydrogens is 366 g/mol. The van der Waals surface area contributed by atoms with Crippen molar-refractivity contribution in [3.63, 3.8) is 0 Å². The topological polar surface area (TPSA) is 70.6 Å². The average Bonchev–Trinajstić information content (AvgIpc) is 2.73. The number of hydrogen-bond acceptors (Lipinski definition) is 6. The van der Waals surface area contributed by atoms with Crippen LogP contribution in [0.25, 0.3) is 0 Å². The molecule has 0 aliphatic carbocycles. The SMILES string of the molecule is COc1ccc(N2CCN(c3cc(C(=O)NCCC(C)C)nc(C)n3)CC2)cc1. The molecule has 2 heterocycles. The fourth-order valence-electron chi connectivity index (χ4n) is 3.38. The normalized spacial score (nSPS) is 14.2. The number of hydrogen-bond donors (Lipinski definition) is 1. The minimum absolute atomic E-state index is 0.130. The van der Waals surface area contributed by atoms with Crippen LogP contribution in [0.15, 0.2) is 30.3 Å². The van der Waals surface area contributed by atoms with E-state index in [2.05, 4.69) is 51.1 Å². The molecule has 1 amide bonds. The molecule has 156 valence electrons. The Balaban J connectivity index is 1.62. The van der Waals surface area contributed by atoms with Crippen LogP contribution in [-0.2, 0) is 0 Å². The Bertz CT molecular complexity index is 814. The quantitative estimate of drug-likeness (QED) is 0.775. The zero-order valence-electron chi connectivity index (χ0n) is 17.8. The van der Waals surface area contributed by atoms with Gasteiger partial charge in [-0.15, -0.1) is 0 Å². The molecule has 0 spiro atoms. The van der Waals surface area contributed by atoms with Gasteiger partial charge in [-0.3, -0.25) is 4.79 Å². The number of methoxy groups -OCH3 is 1. The van der Waals surface area contributed by atoms with Gasteiger partial charge in [0.05, 0.1) is 7.11 Å². The maximum Gasteiger partial charge on any atom is 0.270 e. The summed E-state index contributed by atoms with van der Waals surface area (Å²) in [5.41, 5.74) is 1.63. The van der Waals surface area contributed by atoms with Crippen LogP contribution in [0.3, 0.4) is 0 Å². The van der Waals surface area contributed by atoms with Gasteiger partial charge in [0.15, 0.2) is 0 Å². The fraction of sp³-hybridized carbons (Fsp3) is 0.500. The van der Waals surface area contributed by atoms with Crippen LogP contribution >= 0.6 is 0 Å². The molecule has 3 rings (SSSR count). The summed E-state index contributed by atoms with van der Waals surface area (Å²) in [5.74, 6) is 2.73. The molecular formula is C22H31N5O2. The first-order valence-corrected chi connectivity index (χ1v) is 10.2. The number of rotatable bonds is 7. The third kappa shape index (κ3) is 5.59. The lowest BCUT2D eigenvalue weighted by molar-refractivity contribution is 0.0946. The van der Waals surface area contributed by atoms with Gasteiger partial charge in [0, 0.05) is 44.5 Å². The van der Waals surface area contributed by atoms with E-state index in [4.69, 9.17) is 4.74 Å². The highest BCUT2D eigenvalue weighted by molar-refractivity contribution is 5.92. The highest BCUT2D eigenvalue weighted by Crippen LogP contribution is 2.22. The van der Waals surface area contributed by atoms with Gasteiger partial charge < -0.3 is 19.9 Å². The molecule has 0 saturated carbocycles. The van der Waals surface area contributed by atoms with Crippen LogP contribution in [0.2, 0.25) is 0 Å². The van der Waals surface area contributed by atoms with Crippen molar-refractivity contribution in [1.29, 1.82) is 0 Å². The summed E-state index contributed by atoms with van der Waals surface area (Å²) in [6, 6.07) is 9.95. The van der Waals surface area contributed by atoms with Crippen LogP contribution in [0, 0.1) is 12.8 Å². The predicted molar refractivity (Wildman–Crippen MR) is 116 cm³/mol. The summed E-state index contributed by atoms with van der Waals surface area (Å²) < 4.78 is 5.24. The van der Waals surface area contributed by atoms with Crippen LogP contribution < -0.4 is 19.9 Å². The number of piperazine rings is 1. The van der Waals surface area contributed by atoms with E-state index in [-0.39, 0.29) is 5.91 Å². The van der Waals surface area contributed by atoms with Gasteiger partial charge in [0.2, 0.25) is 0 Å². The van der Waals surface area contributed by atoms with Gasteiger partial charge in [0.1, 0.15) is 23.1 Å². The largest absolute Gasteiger partial charge is 0.497 e. The molecule has 1 fully saturated rings. The first-order valence-electron chi connectivity index (χ1n) is 10.2. The number of nitrogens with zero attached hydrogens (tertiary/aromatic N) is 4. The summed E-state index contributed by atoms with van der Waals surface area (Å²) >= 11 is 0. The van der Waals surface area contributed by atoms with Crippen molar-refractivity contribution in [2.24, 2.45) is 5.92 Å². The second-order valence-electron chi connectivity index (χ2n) is 7.77. The molecule has 7 heteroatoms. The predicted octanol–water partition coefficient (Wildman–Crippen LogP) is 2.90.